The number of para-hydroxylation sites is 1. The van der Waals surface area contributed by atoms with Gasteiger partial charge in [-0.1, -0.05) is 54.1 Å². The van der Waals surface area contributed by atoms with Crippen LogP contribution in [0.1, 0.15) is 16.1 Å². The minimum atomic E-state index is -0.580. The molecule has 0 fully saturated rings. The van der Waals surface area contributed by atoms with E-state index in [0.717, 1.165) is 0 Å². The Labute approximate surface area is 171 Å². The van der Waals surface area contributed by atoms with E-state index < -0.39 is 17.4 Å². The molecule has 3 aromatic rings. The van der Waals surface area contributed by atoms with Gasteiger partial charge in [-0.25, -0.2) is 9.78 Å². The monoisotopic (exact) mass is 411 g/mol. The lowest BCUT2D eigenvalue weighted by molar-refractivity contribution is -0.116. The minimum absolute atomic E-state index is 0.0487. The molecule has 0 saturated carbocycles. The van der Waals surface area contributed by atoms with Gasteiger partial charge in [-0.05, 0) is 19.1 Å². The molecular weight excluding hydrogens is 394 g/mol. The molecule has 8 heteroatoms. The quantitative estimate of drug-likeness (QED) is 0.650. The van der Waals surface area contributed by atoms with Crippen molar-refractivity contribution in [2.75, 3.05) is 12.4 Å². The van der Waals surface area contributed by atoms with E-state index in [9.17, 15) is 14.4 Å². The molecule has 0 aliphatic heterocycles. The summed E-state index contributed by atoms with van der Waals surface area (Å²) in [4.78, 5) is 41.7. The maximum absolute atomic E-state index is 12.7. The van der Waals surface area contributed by atoms with Crippen LogP contribution in [0.5, 0.6) is 0 Å². The van der Waals surface area contributed by atoms with Gasteiger partial charge in [0, 0.05) is 5.56 Å². The van der Waals surface area contributed by atoms with E-state index in [1.807, 2.05) is 18.2 Å². The Morgan fingerprint density at radius 3 is 2.45 bits per heavy atom. The Morgan fingerprint density at radius 1 is 1.10 bits per heavy atom. The van der Waals surface area contributed by atoms with Crippen molar-refractivity contribution in [3.8, 4) is 11.4 Å². The number of carbonyl (C=O) groups excluding carboxylic acids is 2. The molecule has 0 atom stereocenters. The SMILES string of the molecule is COC(=O)c1ccccc1NC(=O)Cn1c(-c2ccccc2)nc(C)c(Cl)c1=O. The Morgan fingerprint density at radius 2 is 1.76 bits per heavy atom. The fourth-order valence-corrected chi connectivity index (χ4v) is 2.95. The van der Waals surface area contributed by atoms with Crippen molar-refractivity contribution < 1.29 is 14.3 Å². The third kappa shape index (κ3) is 4.35. The molecule has 29 heavy (non-hydrogen) atoms. The lowest BCUT2D eigenvalue weighted by Crippen LogP contribution is -2.31. The average Bonchev–Trinajstić information content (AvgIpc) is 2.74. The number of halogens is 1. The van der Waals surface area contributed by atoms with E-state index in [4.69, 9.17) is 16.3 Å². The van der Waals surface area contributed by atoms with Crippen molar-refractivity contribution >= 4 is 29.2 Å². The number of anilines is 1. The first-order chi connectivity index (χ1) is 13.9. The second-order valence-electron chi connectivity index (χ2n) is 6.18. The van der Waals surface area contributed by atoms with Gasteiger partial charge in [0.2, 0.25) is 5.91 Å². The second-order valence-corrected chi connectivity index (χ2v) is 6.56. The molecule has 2 aromatic carbocycles. The van der Waals surface area contributed by atoms with Gasteiger partial charge in [-0.15, -0.1) is 0 Å². The van der Waals surface area contributed by atoms with Gasteiger partial charge < -0.3 is 10.1 Å². The van der Waals surface area contributed by atoms with Crippen LogP contribution in [0.4, 0.5) is 5.69 Å². The largest absolute Gasteiger partial charge is 0.465 e. The number of hydrogen-bond donors (Lipinski definition) is 1. The van der Waals surface area contributed by atoms with Crippen LogP contribution in [-0.4, -0.2) is 28.5 Å². The maximum atomic E-state index is 12.7. The van der Waals surface area contributed by atoms with Gasteiger partial charge in [-0.3, -0.25) is 14.2 Å². The highest BCUT2D eigenvalue weighted by Gasteiger charge is 2.18. The standard InChI is InChI=1S/C21H18ClN3O4/c1-13-18(22)20(27)25(19(23-13)14-8-4-3-5-9-14)12-17(26)24-16-11-7-6-10-15(16)21(28)29-2/h3-11H,12H2,1-2H3,(H,24,26). The zero-order valence-corrected chi connectivity index (χ0v) is 16.6. The number of aromatic nitrogens is 2. The molecular formula is C21H18ClN3O4. The van der Waals surface area contributed by atoms with Crippen LogP contribution in [0.3, 0.4) is 0 Å². The van der Waals surface area contributed by atoms with Crippen LogP contribution >= 0.6 is 11.6 Å². The van der Waals surface area contributed by atoms with Crippen molar-refractivity contribution in [1.82, 2.24) is 9.55 Å². The molecule has 1 aromatic heterocycles. The lowest BCUT2D eigenvalue weighted by Gasteiger charge is -2.15. The Balaban J connectivity index is 1.97. The van der Waals surface area contributed by atoms with E-state index in [1.54, 1.807) is 37.3 Å². The zero-order valence-electron chi connectivity index (χ0n) is 15.8. The summed E-state index contributed by atoms with van der Waals surface area (Å²) in [5.41, 5.74) is 1.02. The third-order valence-corrected chi connectivity index (χ3v) is 4.66. The predicted molar refractivity (Wildman–Crippen MR) is 110 cm³/mol. The Kier molecular flexibility index (Phi) is 6.09. The summed E-state index contributed by atoms with van der Waals surface area (Å²) < 4.78 is 5.94. The molecule has 148 valence electrons. The molecule has 0 saturated heterocycles. The van der Waals surface area contributed by atoms with Crippen molar-refractivity contribution in [3.05, 3.63) is 81.2 Å². The van der Waals surface area contributed by atoms with E-state index in [2.05, 4.69) is 10.3 Å². The van der Waals surface area contributed by atoms with Crippen LogP contribution in [0.2, 0.25) is 5.02 Å². The van der Waals surface area contributed by atoms with Crippen molar-refractivity contribution in [1.29, 1.82) is 0 Å². The fourth-order valence-electron chi connectivity index (χ4n) is 2.81. The number of rotatable bonds is 5. The predicted octanol–water partition coefficient (Wildman–Crippen LogP) is 3.30. The highest BCUT2D eigenvalue weighted by atomic mass is 35.5. The number of amides is 1. The molecule has 1 heterocycles. The van der Waals surface area contributed by atoms with Crippen LogP contribution < -0.4 is 10.9 Å². The number of hydrogen-bond acceptors (Lipinski definition) is 5. The molecule has 1 N–H and O–H groups in total. The molecule has 0 radical (unpaired) electrons. The number of carbonyl (C=O) groups is 2. The van der Waals surface area contributed by atoms with Gasteiger partial charge in [0.1, 0.15) is 17.4 Å². The third-order valence-electron chi connectivity index (χ3n) is 4.22. The van der Waals surface area contributed by atoms with Crippen LogP contribution in [-0.2, 0) is 16.1 Å². The zero-order chi connectivity index (χ0) is 21.0. The second kappa shape index (κ2) is 8.70. The summed E-state index contributed by atoms with van der Waals surface area (Å²) in [6, 6.07) is 15.5. The van der Waals surface area contributed by atoms with Gasteiger partial charge in [0.05, 0.1) is 24.1 Å². The molecule has 0 aliphatic rings. The number of ether oxygens (including phenoxy) is 1. The van der Waals surface area contributed by atoms with Gasteiger partial charge in [0.15, 0.2) is 0 Å². The number of benzene rings is 2. The molecule has 0 aliphatic carbocycles. The number of esters is 1. The minimum Gasteiger partial charge on any atom is -0.465 e. The van der Waals surface area contributed by atoms with E-state index in [0.29, 0.717) is 17.1 Å². The molecule has 3 rings (SSSR count). The van der Waals surface area contributed by atoms with Crippen molar-refractivity contribution in [2.45, 2.75) is 13.5 Å². The summed E-state index contributed by atoms with van der Waals surface area (Å²) in [6.45, 7) is 1.30. The van der Waals surface area contributed by atoms with Crippen molar-refractivity contribution in [2.24, 2.45) is 0 Å². The first kappa shape index (κ1) is 20.3. The molecule has 0 spiro atoms. The summed E-state index contributed by atoms with van der Waals surface area (Å²) in [7, 11) is 1.26. The highest BCUT2D eigenvalue weighted by Crippen LogP contribution is 2.20. The lowest BCUT2D eigenvalue weighted by atomic mass is 10.1. The van der Waals surface area contributed by atoms with Gasteiger partial charge in [-0.2, -0.15) is 0 Å². The van der Waals surface area contributed by atoms with Crippen LogP contribution in [0, 0.1) is 6.92 Å². The fraction of sp³-hybridized carbons (Fsp3) is 0.143. The molecule has 0 bridgehead atoms. The number of aryl methyl sites for hydroxylation is 1. The summed E-state index contributed by atoms with van der Waals surface area (Å²) >= 11 is 6.08. The molecule has 7 nitrogen and oxygen atoms in total. The van der Waals surface area contributed by atoms with E-state index >= 15 is 0 Å². The van der Waals surface area contributed by atoms with Crippen LogP contribution in [0.25, 0.3) is 11.4 Å². The highest BCUT2D eigenvalue weighted by molar-refractivity contribution is 6.31. The summed E-state index contributed by atoms with van der Waals surface area (Å²) in [6.07, 6.45) is 0. The van der Waals surface area contributed by atoms with E-state index in [-0.39, 0.29) is 22.8 Å². The smallest absolute Gasteiger partial charge is 0.339 e. The Hall–Kier alpha value is -3.45. The summed E-state index contributed by atoms with van der Waals surface area (Å²) in [5, 5.41) is 2.60. The summed E-state index contributed by atoms with van der Waals surface area (Å²) in [5.74, 6) is -0.764. The first-order valence-electron chi connectivity index (χ1n) is 8.72. The topological polar surface area (TPSA) is 90.3 Å². The molecule has 0 unspecified atom stereocenters. The van der Waals surface area contributed by atoms with E-state index in [1.165, 1.54) is 17.7 Å². The van der Waals surface area contributed by atoms with Crippen molar-refractivity contribution in [3.63, 3.8) is 0 Å². The van der Waals surface area contributed by atoms with Crippen LogP contribution in [0.15, 0.2) is 59.4 Å². The normalized spacial score (nSPS) is 10.4. The number of nitrogens with one attached hydrogen (secondary N) is 1. The molecule has 1 amide bonds. The Bertz CT molecular complexity index is 1130. The maximum Gasteiger partial charge on any atom is 0.339 e. The van der Waals surface area contributed by atoms with Gasteiger partial charge >= 0.3 is 5.97 Å². The average molecular weight is 412 g/mol. The number of methoxy groups -OCH3 is 1. The van der Waals surface area contributed by atoms with Gasteiger partial charge in [0.25, 0.3) is 5.56 Å². The first-order valence-corrected chi connectivity index (χ1v) is 9.09. The number of nitrogens with zero attached hydrogens (tertiary/aromatic N) is 2.